The average Bonchev–Trinajstić information content (AvgIpc) is 2.41. The summed E-state index contributed by atoms with van der Waals surface area (Å²) in [5.74, 6) is 4.24. The van der Waals surface area contributed by atoms with Crippen LogP contribution < -0.4 is 0 Å². The molecule has 0 aromatic carbocycles. The summed E-state index contributed by atoms with van der Waals surface area (Å²) in [6.07, 6.45) is 19.5. The second-order valence-corrected chi connectivity index (χ2v) is 6.95. The van der Waals surface area contributed by atoms with E-state index in [1.54, 1.807) is 12.8 Å². The van der Waals surface area contributed by atoms with Gasteiger partial charge in [0.15, 0.2) is 0 Å². The molecule has 0 aromatic rings. The Bertz CT molecular complexity index is 237. The van der Waals surface area contributed by atoms with Gasteiger partial charge in [-0.25, -0.2) is 0 Å². The van der Waals surface area contributed by atoms with Crippen LogP contribution in [-0.4, -0.2) is 0 Å². The molecule has 0 radical (unpaired) electrons. The normalized spacial score (nSPS) is 38.1. The molecular weight excluding hydrogens is 216 g/mol. The Labute approximate surface area is 114 Å². The quantitative estimate of drug-likeness (QED) is 0.537. The van der Waals surface area contributed by atoms with Gasteiger partial charge in [0.2, 0.25) is 0 Å². The van der Waals surface area contributed by atoms with Crippen LogP contribution in [0.5, 0.6) is 0 Å². The summed E-state index contributed by atoms with van der Waals surface area (Å²) in [7, 11) is 0. The highest BCUT2D eigenvalue weighted by atomic mass is 14.3. The lowest BCUT2D eigenvalue weighted by Gasteiger charge is -2.37. The fraction of sp³-hybridized carbons (Fsp3) is 0.889. The second-order valence-electron chi connectivity index (χ2n) is 6.95. The van der Waals surface area contributed by atoms with Crippen molar-refractivity contribution in [3.05, 3.63) is 12.2 Å². The Kier molecular flexibility index (Phi) is 5.79. The number of hydrogen-bond acceptors (Lipinski definition) is 0. The zero-order valence-corrected chi connectivity index (χ0v) is 12.5. The van der Waals surface area contributed by atoms with Crippen molar-refractivity contribution in [1.29, 1.82) is 0 Å². The van der Waals surface area contributed by atoms with Crippen LogP contribution >= 0.6 is 0 Å². The van der Waals surface area contributed by atoms with Crippen molar-refractivity contribution in [3.63, 3.8) is 0 Å². The van der Waals surface area contributed by atoms with Crippen molar-refractivity contribution < 1.29 is 0 Å². The summed E-state index contributed by atoms with van der Waals surface area (Å²) in [5, 5.41) is 0. The van der Waals surface area contributed by atoms with Crippen LogP contribution in [-0.2, 0) is 0 Å². The Morgan fingerprint density at radius 3 is 1.94 bits per heavy atom. The molecule has 0 spiro atoms. The van der Waals surface area contributed by atoms with Crippen molar-refractivity contribution in [1.82, 2.24) is 0 Å². The van der Waals surface area contributed by atoms with Crippen molar-refractivity contribution >= 4 is 0 Å². The van der Waals surface area contributed by atoms with Crippen LogP contribution in [0.15, 0.2) is 12.2 Å². The van der Waals surface area contributed by atoms with Gasteiger partial charge in [0.1, 0.15) is 0 Å². The van der Waals surface area contributed by atoms with E-state index in [4.69, 9.17) is 0 Å². The third kappa shape index (κ3) is 4.14. The first-order valence-corrected chi connectivity index (χ1v) is 8.40. The number of hydrogen-bond donors (Lipinski definition) is 0. The fourth-order valence-electron chi connectivity index (χ4n) is 4.20. The minimum absolute atomic E-state index is 1.01. The molecule has 0 heterocycles. The van der Waals surface area contributed by atoms with Crippen molar-refractivity contribution in [2.75, 3.05) is 0 Å². The summed E-state index contributed by atoms with van der Waals surface area (Å²) in [6.45, 7) is 4.58. The van der Waals surface area contributed by atoms with Crippen LogP contribution in [0, 0.1) is 23.7 Å². The lowest BCUT2D eigenvalue weighted by Crippen LogP contribution is -2.25. The van der Waals surface area contributed by atoms with Crippen LogP contribution in [0.25, 0.3) is 0 Å². The Morgan fingerprint density at radius 2 is 1.39 bits per heavy atom. The Morgan fingerprint density at radius 1 is 0.833 bits per heavy atom. The van der Waals surface area contributed by atoms with E-state index in [2.05, 4.69) is 26.0 Å². The zero-order valence-electron chi connectivity index (χ0n) is 12.5. The zero-order chi connectivity index (χ0) is 12.8. The maximum Gasteiger partial charge on any atom is -0.0348 e. The molecule has 0 amide bonds. The van der Waals surface area contributed by atoms with E-state index in [9.17, 15) is 0 Å². The van der Waals surface area contributed by atoms with E-state index in [1.807, 2.05) is 0 Å². The molecule has 0 aromatic heterocycles. The van der Waals surface area contributed by atoms with Crippen LogP contribution in [0.3, 0.4) is 0 Å². The Balaban J connectivity index is 1.66. The number of allylic oxidation sites excluding steroid dienone is 2. The first kappa shape index (κ1) is 14.2. The predicted octanol–water partition coefficient (Wildman–Crippen LogP) is 5.98. The summed E-state index contributed by atoms with van der Waals surface area (Å²) >= 11 is 0. The first-order valence-electron chi connectivity index (χ1n) is 8.40. The van der Waals surface area contributed by atoms with Gasteiger partial charge < -0.3 is 0 Å². The molecule has 0 aliphatic heterocycles. The molecule has 0 heteroatoms. The van der Waals surface area contributed by atoms with E-state index in [0.717, 1.165) is 23.7 Å². The molecule has 2 rings (SSSR count). The molecule has 0 atom stereocenters. The highest BCUT2D eigenvalue weighted by Gasteiger charge is 2.29. The van der Waals surface area contributed by atoms with Gasteiger partial charge in [-0.15, -0.1) is 0 Å². The van der Waals surface area contributed by atoms with Crippen LogP contribution in [0.1, 0.15) is 78.1 Å². The average molecular weight is 248 g/mol. The van der Waals surface area contributed by atoms with E-state index >= 15 is 0 Å². The minimum atomic E-state index is 1.01. The third-order valence-corrected chi connectivity index (χ3v) is 5.60. The van der Waals surface area contributed by atoms with Crippen molar-refractivity contribution in [3.8, 4) is 0 Å². The van der Waals surface area contributed by atoms with Crippen molar-refractivity contribution in [2.45, 2.75) is 78.1 Å². The lowest BCUT2D eigenvalue weighted by atomic mass is 9.69. The van der Waals surface area contributed by atoms with Gasteiger partial charge in [0.25, 0.3) is 0 Å². The lowest BCUT2D eigenvalue weighted by molar-refractivity contribution is 0.148. The SMILES string of the molecule is C/C=C\CCC1CCC(C2CCC(C)CC2)CC1. The molecular formula is C18H32. The van der Waals surface area contributed by atoms with Crippen LogP contribution in [0.4, 0.5) is 0 Å². The molecule has 0 N–H and O–H groups in total. The van der Waals surface area contributed by atoms with E-state index < -0.39 is 0 Å². The van der Waals surface area contributed by atoms with Gasteiger partial charge in [0, 0.05) is 0 Å². The molecule has 0 unspecified atom stereocenters. The molecule has 104 valence electrons. The molecule has 2 saturated carbocycles. The summed E-state index contributed by atoms with van der Waals surface area (Å²) < 4.78 is 0. The standard InChI is InChI=1S/C18H32/c1-3-4-5-6-16-9-13-18(14-10-16)17-11-7-15(2)8-12-17/h3-4,15-18H,5-14H2,1-2H3/b4-3-. The van der Waals surface area contributed by atoms with E-state index in [1.165, 1.54) is 51.4 Å². The molecule has 18 heavy (non-hydrogen) atoms. The largest absolute Gasteiger partial charge is 0.0917 e. The highest BCUT2D eigenvalue weighted by molar-refractivity contribution is 4.83. The summed E-state index contributed by atoms with van der Waals surface area (Å²) in [6, 6.07) is 0. The second kappa shape index (κ2) is 7.36. The predicted molar refractivity (Wildman–Crippen MR) is 80.6 cm³/mol. The maximum absolute atomic E-state index is 2.44. The molecule has 0 nitrogen and oxygen atoms in total. The van der Waals surface area contributed by atoms with Crippen LogP contribution in [0.2, 0.25) is 0 Å². The van der Waals surface area contributed by atoms with Gasteiger partial charge in [-0.3, -0.25) is 0 Å². The van der Waals surface area contributed by atoms with Gasteiger partial charge >= 0.3 is 0 Å². The molecule has 2 fully saturated rings. The van der Waals surface area contributed by atoms with Gasteiger partial charge in [-0.2, -0.15) is 0 Å². The summed E-state index contributed by atoms with van der Waals surface area (Å²) in [5.41, 5.74) is 0. The Hall–Kier alpha value is -0.260. The molecule has 0 saturated heterocycles. The topological polar surface area (TPSA) is 0 Å². The third-order valence-electron chi connectivity index (χ3n) is 5.60. The summed E-state index contributed by atoms with van der Waals surface area (Å²) in [4.78, 5) is 0. The van der Waals surface area contributed by atoms with E-state index in [-0.39, 0.29) is 0 Å². The smallest absolute Gasteiger partial charge is 0.0348 e. The molecule has 2 aliphatic carbocycles. The fourth-order valence-corrected chi connectivity index (χ4v) is 4.20. The number of rotatable bonds is 4. The maximum atomic E-state index is 2.44. The molecule has 0 bridgehead atoms. The minimum Gasteiger partial charge on any atom is -0.0917 e. The van der Waals surface area contributed by atoms with Gasteiger partial charge in [0.05, 0.1) is 0 Å². The highest BCUT2D eigenvalue weighted by Crippen LogP contribution is 2.42. The molecule has 2 aliphatic rings. The first-order chi connectivity index (χ1) is 8.79. The van der Waals surface area contributed by atoms with Gasteiger partial charge in [-0.1, -0.05) is 44.8 Å². The van der Waals surface area contributed by atoms with Crippen molar-refractivity contribution in [2.24, 2.45) is 23.7 Å². The monoisotopic (exact) mass is 248 g/mol. The van der Waals surface area contributed by atoms with Gasteiger partial charge in [-0.05, 0) is 69.1 Å². The van der Waals surface area contributed by atoms with E-state index in [0.29, 0.717) is 0 Å².